The number of fused-ring (bicyclic) bond motifs is 1. The molecule has 1 aromatic carbocycles. The maximum absolute atomic E-state index is 13.1. The molecule has 3 heterocycles. The van der Waals surface area contributed by atoms with Crippen LogP contribution in [0.3, 0.4) is 0 Å². The number of para-hydroxylation sites is 2. The minimum atomic E-state index is 0.0108. The van der Waals surface area contributed by atoms with Crippen molar-refractivity contribution in [3.05, 3.63) is 42.7 Å². The zero-order valence-electron chi connectivity index (χ0n) is 14.3. The van der Waals surface area contributed by atoms with Gasteiger partial charge in [0.1, 0.15) is 11.9 Å². The highest BCUT2D eigenvalue weighted by Gasteiger charge is 2.34. The Morgan fingerprint density at radius 1 is 1.12 bits per heavy atom. The molecule has 6 nitrogen and oxygen atoms in total. The Hall–Kier alpha value is -2.63. The number of nitrogens with zero attached hydrogens (tertiary/aromatic N) is 4. The van der Waals surface area contributed by atoms with E-state index in [1.165, 1.54) is 0 Å². The molecule has 2 aromatic rings. The molecule has 0 spiro atoms. The Kier molecular flexibility index (Phi) is 4.26. The summed E-state index contributed by atoms with van der Waals surface area (Å²) in [4.78, 5) is 25.8. The third kappa shape index (κ3) is 3.16. The topological polar surface area (TPSA) is 58.6 Å². The van der Waals surface area contributed by atoms with Crippen LogP contribution in [-0.2, 0) is 4.79 Å². The van der Waals surface area contributed by atoms with Gasteiger partial charge in [-0.2, -0.15) is 0 Å². The van der Waals surface area contributed by atoms with Crippen LogP contribution in [0.25, 0.3) is 0 Å². The van der Waals surface area contributed by atoms with Crippen molar-refractivity contribution in [2.45, 2.75) is 25.9 Å². The Balaban J connectivity index is 1.46. The van der Waals surface area contributed by atoms with Gasteiger partial charge in [-0.25, -0.2) is 9.97 Å². The number of piperidine rings is 1. The number of carbonyl (C=O) groups is 1. The highest BCUT2D eigenvalue weighted by molar-refractivity contribution is 5.97. The second-order valence-electron chi connectivity index (χ2n) is 6.66. The van der Waals surface area contributed by atoms with Crippen molar-refractivity contribution in [1.82, 2.24) is 9.97 Å². The number of benzene rings is 1. The van der Waals surface area contributed by atoms with Gasteiger partial charge in [-0.3, -0.25) is 4.79 Å². The third-order valence-corrected chi connectivity index (χ3v) is 4.87. The maximum atomic E-state index is 13.1. The van der Waals surface area contributed by atoms with E-state index in [-0.39, 0.29) is 17.9 Å². The predicted octanol–water partition coefficient (Wildman–Crippen LogP) is 2.51. The zero-order valence-corrected chi connectivity index (χ0v) is 14.3. The quantitative estimate of drug-likeness (QED) is 0.842. The summed E-state index contributed by atoms with van der Waals surface area (Å²) in [6.07, 6.45) is 5.17. The molecule has 0 N–H and O–H groups in total. The van der Waals surface area contributed by atoms with Gasteiger partial charge in [-0.05, 0) is 38.0 Å². The number of aromatic nitrogens is 2. The minimum Gasteiger partial charge on any atom is -0.487 e. The monoisotopic (exact) mass is 338 g/mol. The molecule has 1 unspecified atom stereocenters. The molecule has 0 aliphatic carbocycles. The lowest BCUT2D eigenvalue weighted by molar-refractivity contribution is -0.123. The molecule has 6 heteroatoms. The molecule has 0 bridgehead atoms. The van der Waals surface area contributed by atoms with Crippen LogP contribution in [0.15, 0.2) is 42.7 Å². The van der Waals surface area contributed by atoms with Crippen LogP contribution in [0.2, 0.25) is 0 Å². The van der Waals surface area contributed by atoms with Crippen LogP contribution in [0.5, 0.6) is 5.75 Å². The van der Waals surface area contributed by atoms with Gasteiger partial charge in [0, 0.05) is 31.4 Å². The summed E-state index contributed by atoms with van der Waals surface area (Å²) in [6.45, 7) is 4.23. The van der Waals surface area contributed by atoms with Gasteiger partial charge < -0.3 is 14.5 Å². The van der Waals surface area contributed by atoms with Crippen molar-refractivity contribution in [3.8, 4) is 5.75 Å². The molecule has 1 amide bonds. The molecular formula is C19H22N4O2. The van der Waals surface area contributed by atoms with E-state index in [1.807, 2.05) is 42.2 Å². The lowest BCUT2D eigenvalue weighted by Gasteiger charge is -2.38. The molecule has 4 rings (SSSR count). The number of carbonyl (C=O) groups excluding carboxylic acids is 1. The summed E-state index contributed by atoms with van der Waals surface area (Å²) in [7, 11) is 0. The normalized spacial score (nSPS) is 20.8. The highest BCUT2D eigenvalue weighted by atomic mass is 16.5. The lowest BCUT2D eigenvalue weighted by atomic mass is 9.94. The number of rotatable bonds is 2. The van der Waals surface area contributed by atoms with E-state index >= 15 is 0 Å². The summed E-state index contributed by atoms with van der Waals surface area (Å²) >= 11 is 0. The molecule has 1 fully saturated rings. The fourth-order valence-electron chi connectivity index (χ4n) is 3.60. The van der Waals surface area contributed by atoms with Gasteiger partial charge in [0.15, 0.2) is 0 Å². The van der Waals surface area contributed by atoms with Crippen LogP contribution in [-0.4, -0.2) is 41.6 Å². The van der Waals surface area contributed by atoms with Crippen molar-refractivity contribution >= 4 is 17.5 Å². The summed E-state index contributed by atoms with van der Waals surface area (Å²) in [6, 6.07) is 9.61. The van der Waals surface area contributed by atoms with Crippen molar-refractivity contribution in [1.29, 1.82) is 0 Å². The third-order valence-electron chi connectivity index (χ3n) is 4.87. The largest absolute Gasteiger partial charge is 0.487 e. The molecule has 2 aliphatic heterocycles. The van der Waals surface area contributed by atoms with Crippen LogP contribution in [0.1, 0.15) is 19.8 Å². The van der Waals surface area contributed by atoms with Gasteiger partial charge in [0.25, 0.3) is 0 Å². The fraction of sp³-hybridized carbons (Fsp3) is 0.421. The summed E-state index contributed by atoms with van der Waals surface area (Å²) in [5, 5.41) is 0. The van der Waals surface area contributed by atoms with E-state index in [2.05, 4.69) is 14.9 Å². The van der Waals surface area contributed by atoms with E-state index in [0.717, 1.165) is 43.3 Å². The van der Waals surface area contributed by atoms with Gasteiger partial charge in [0.2, 0.25) is 11.9 Å². The van der Waals surface area contributed by atoms with E-state index < -0.39 is 0 Å². The van der Waals surface area contributed by atoms with Crippen molar-refractivity contribution in [3.63, 3.8) is 0 Å². The smallest absolute Gasteiger partial charge is 0.230 e. The SMILES string of the molecule is CC1CN(C(=O)C2CCN(c3ncccn3)CC2)c2ccccc2O1. The van der Waals surface area contributed by atoms with E-state index in [0.29, 0.717) is 6.54 Å². The minimum absolute atomic E-state index is 0.0108. The molecular weight excluding hydrogens is 316 g/mol. The van der Waals surface area contributed by atoms with Gasteiger partial charge >= 0.3 is 0 Å². The molecule has 0 saturated carbocycles. The molecule has 130 valence electrons. The Morgan fingerprint density at radius 2 is 1.84 bits per heavy atom. The van der Waals surface area contributed by atoms with Crippen LogP contribution >= 0.6 is 0 Å². The van der Waals surface area contributed by atoms with Gasteiger partial charge in [-0.1, -0.05) is 12.1 Å². The van der Waals surface area contributed by atoms with E-state index in [1.54, 1.807) is 12.4 Å². The van der Waals surface area contributed by atoms with Gasteiger partial charge in [0.05, 0.1) is 12.2 Å². The summed E-state index contributed by atoms with van der Waals surface area (Å²) < 4.78 is 5.86. The first-order chi connectivity index (χ1) is 12.2. The number of hydrogen-bond acceptors (Lipinski definition) is 5. The number of hydrogen-bond donors (Lipinski definition) is 0. The maximum Gasteiger partial charge on any atom is 0.230 e. The first kappa shape index (κ1) is 15.9. The van der Waals surface area contributed by atoms with Crippen molar-refractivity contribution < 1.29 is 9.53 Å². The van der Waals surface area contributed by atoms with E-state index in [9.17, 15) is 4.79 Å². The Labute approximate surface area is 147 Å². The lowest BCUT2D eigenvalue weighted by Crippen LogP contribution is -2.47. The average molecular weight is 338 g/mol. The second kappa shape index (κ2) is 6.70. The highest BCUT2D eigenvalue weighted by Crippen LogP contribution is 2.35. The first-order valence-corrected chi connectivity index (χ1v) is 8.81. The van der Waals surface area contributed by atoms with Crippen LogP contribution in [0, 0.1) is 5.92 Å². The average Bonchev–Trinajstić information content (AvgIpc) is 2.67. The van der Waals surface area contributed by atoms with Crippen molar-refractivity contribution in [2.24, 2.45) is 5.92 Å². The number of amides is 1. The van der Waals surface area contributed by atoms with Gasteiger partial charge in [-0.15, -0.1) is 0 Å². The number of anilines is 2. The Bertz CT molecular complexity index is 744. The molecule has 2 aliphatic rings. The standard InChI is InChI=1S/C19H22N4O2/c1-14-13-23(16-5-2-3-6-17(16)25-14)18(24)15-7-11-22(12-8-15)19-20-9-4-10-21-19/h2-6,9-10,14-15H,7-8,11-13H2,1H3. The van der Waals surface area contributed by atoms with Crippen molar-refractivity contribution in [2.75, 3.05) is 29.4 Å². The molecule has 1 saturated heterocycles. The molecule has 25 heavy (non-hydrogen) atoms. The molecule has 1 atom stereocenters. The first-order valence-electron chi connectivity index (χ1n) is 8.81. The fourth-order valence-corrected chi connectivity index (χ4v) is 3.60. The second-order valence-corrected chi connectivity index (χ2v) is 6.66. The molecule has 0 radical (unpaired) electrons. The Morgan fingerprint density at radius 3 is 2.60 bits per heavy atom. The predicted molar refractivity (Wildman–Crippen MR) is 95.9 cm³/mol. The zero-order chi connectivity index (χ0) is 17.2. The van der Waals surface area contributed by atoms with Crippen LogP contribution < -0.4 is 14.5 Å². The van der Waals surface area contributed by atoms with E-state index in [4.69, 9.17) is 4.74 Å². The summed E-state index contributed by atoms with van der Waals surface area (Å²) in [5.41, 5.74) is 0.888. The summed E-state index contributed by atoms with van der Waals surface area (Å²) in [5.74, 6) is 1.79. The van der Waals surface area contributed by atoms with Crippen LogP contribution in [0.4, 0.5) is 11.6 Å². The number of ether oxygens (including phenoxy) is 1. The molecule has 1 aromatic heterocycles.